The maximum atomic E-state index is 12.6. The maximum absolute atomic E-state index is 12.6. The number of rotatable bonds is 2. The van der Waals surface area contributed by atoms with Gasteiger partial charge >= 0.3 is 6.18 Å². The lowest BCUT2D eigenvalue weighted by atomic mass is 10.0. The molecule has 8 heteroatoms. The van der Waals surface area contributed by atoms with Crippen LogP contribution in [0.15, 0.2) is 24.4 Å². The Morgan fingerprint density at radius 2 is 2.11 bits per heavy atom. The average Bonchev–Trinajstić information content (AvgIpc) is 2.76. The number of halogens is 3. The zero-order chi connectivity index (χ0) is 14.3. The Morgan fingerprint density at radius 1 is 1.42 bits per heavy atom. The van der Waals surface area contributed by atoms with E-state index in [9.17, 15) is 18.0 Å². The molecule has 1 aromatic heterocycles. The summed E-state index contributed by atoms with van der Waals surface area (Å²) in [6.07, 6.45) is -3.42. The van der Waals surface area contributed by atoms with Crippen molar-refractivity contribution in [2.75, 3.05) is 5.32 Å². The second-order valence-electron chi connectivity index (χ2n) is 4.29. The van der Waals surface area contributed by atoms with E-state index >= 15 is 0 Å². The summed E-state index contributed by atoms with van der Waals surface area (Å²) in [7, 11) is 0. The predicted molar refractivity (Wildman–Crippen MR) is 63.4 cm³/mol. The van der Waals surface area contributed by atoms with Crippen molar-refractivity contribution < 1.29 is 18.0 Å². The molecule has 1 amide bonds. The average molecular weight is 272 g/mol. The molecule has 4 N–H and O–H groups in total. The Bertz CT molecular complexity index is 618. The number of carbonyl (C=O) groups is 1. The van der Waals surface area contributed by atoms with E-state index in [-0.39, 0.29) is 5.69 Å². The van der Waals surface area contributed by atoms with Crippen LogP contribution in [0.1, 0.15) is 6.92 Å². The molecule has 1 heterocycles. The topological polar surface area (TPSA) is 83.8 Å². The zero-order valence-electron chi connectivity index (χ0n) is 9.88. The van der Waals surface area contributed by atoms with Gasteiger partial charge in [0.2, 0.25) is 0 Å². The first kappa shape index (κ1) is 13.3. The summed E-state index contributed by atoms with van der Waals surface area (Å²) in [6.45, 7) is 0.623. The summed E-state index contributed by atoms with van der Waals surface area (Å²) in [5.41, 5.74) is 2.90. The third kappa shape index (κ3) is 2.26. The molecule has 0 fully saturated rings. The van der Waals surface area contributed by atoms with E-state index in [1.54, 1.807) is 12.1 Å². The van der Waals surface area contributed by atoms with Gasteiger partial charge in [-0.25, -0.2) is 0 Å². The number of benzene rings is 1. The molecule has 1 atom stereocenters. The van der Waals surface area contributed by atoms with E-state index in [0.717, 1.165) is 0 Å². The fourth-order valence-corrected chi connectivity index (χ4v) is 1.46. The van der Waals surface area contributed by atoms with E-state index in [4.69, 9.17) is 5.73 Å². The lowest BCUT2D eigenvalue weighted by molar-refractivity contribution is -0.184. The van der Waals surface area contributed by atoms with Crippen LogP contribution in [0.2, 0.25) is 0 Å². The van der Waals surface area contributed by atoms with Crippen LogP contribution in [0, 0.1) is 0 Å². The fraction of sp³-hybridized carbons (Fsp3) is 0.273. The summed E-state index contributed by atoms with van der Waals surface area (Å²) in [5.74, 6) is -1.33. The van der Waals surface area contributed by atoms with Gasteiger partial charge in [0.15, 0.2) is 5.54 Å². The molecule has 2 rings (SSSR count). The Labute approximate surface area is 106 Å². The maximum Gasteiger partial charge on any atom is 0.415 e. The van der Waals surface area contributed by atoms with E-state index in [0.29, 0.717) is 17.8 Å². The molecule has 102 valence electrons. The summed E-state index contributed by atoms with van der Waals surface area (Å²) < 4.78 is 37.9. The molecule has 0 saturated carbocycles. The van der Waals surface area contributed by atoms with Crippen molar-refractivity contribution in [2.24, 2.45) is 5.73 Å². The van der Waals surface area contributed by atoms with Crippen molar-refractivity contribution in [3.63, 3.8) is 0 Å². The molecule has 0 radical (unpaired) electrons. The monoisotopic (exact) mass is 272 g/mol. The van der Waals surface area contributed by atoms with E-state index in [2.05, 4.69) is 15.5 Å². The number of hydrogen-bond acceptors (Lipinski definition) is 3. The highest BCUT2D eigenvalue weighted by molar-refractivity contribution is 6.04. The number of anilines is 1. The number of nitrogens with one attached hydrogen (secondary N) is 2. The van der Waals surface area contributed by atoms with Crippen molar-refractivity contribution >= 4 is 22.5 Å². The highest BCUT2D eigenvalue weighted by Gasteiger charge is 2.54. The number of carbonyl (C=O) groups excluding carboxylic acids is 1. The third-order valence-corrected chi connectivity index (χ3v) is 2.79. The molecular weight excluding hydrogens is 261 g/mol. The highest BCUT2D eigenvalue weighted by Crippen LogP contribution is 2.30. The quantitative estimate of drug-likeness (QED) is 0.779. The van der Waals surface area contributed by atoms with Crippen molar-refractivity contribution in [3.8, 4) is 0 Å². The number of nitrogens with zero attached hydrogens (tertiary/aromatic N) is 1. The Hall–Kier alpha value is -2.09. The van der Waals surface area contributed by atoms with Crippen LogP contribution in [0.3, 0.4) is 0 Å². The van der Waals surface area contributed by atoms with E-state index in [1.807, 2.05) is 0 Å². The second kappa shape index (κ2) is 4.23. The summed E-state index contributed by atoms with van der Waals surface area (Å²) >= 11 is 0. The van der Waals surface area contributed by atoms with Gasteiger partial charge in [-0.05, 0) is 19.1 Å². The molecule has 1 unspecified atom stereocenters. The first-order valence-corrected chi connectivity index (χ1v) is 5.32. The smallest absolute Gasteiger partial charge is 0.324 e. The molecule has 0 bridgehead atoms. The molecule has 2 aromatic rings. The van der Waals surface area contributed by atoms with E-state index < -0.39 is 17.6 Å². The minimum Gasteiger partial charge on any atom is -0.324 e. The van der Waals surface area contributed by atoms with Crippen LogP contribution >= 0.6 is 0 Å². The number of aromatic nitrogens is 2. The molecule has 0 aliphatic heterocycles. The number of nitrogens with two attached hydrogens (primary N) is 1. The Kier molecular flexibility index (Phi) is 2.97. The van der Waals surface area contributed by atoms with Crippen molar-refractivity contribution in [1.82, 2.24) is 10.2 Å². The second-order valence-corrected chi connectivity index (χ2v) is 4.29. The van der Waals surface area contributed by atoms with Crippen LogP contribution in [0.25, 0.3) is 10.9 Å². The van der Waals surface area contributed by atoms with Gasteiger partial charge < -0.3 is 11.1 Å². The van der Waals surface area contributed by atoms with Gasteiger partial charge in [-0.1, -0.05) is 6.07 Å². The minimum absolute atomic E-state index is 0.220. The number of amides is 1. The van der Waals surface area contributed by atoms with Gasteiger partial charge in [-0.3, -0.25) is 9.89 Å². The van der Waals surface area contributed by atoms with E-state index in [1.165, 1.54) is 12.3 Å². The largest absolute Gasteiger partial charge is 0.415 e. The fourth-order valence-electron chi connectivity index (χ4n) is 1.46. The lowest BCUT2D eigenvalue weighted by Gasteiger charge is -2.26. The first-order valence-electron chi connectivity index (χ1n) is 5.32. The normalized spacial score (nSPS) is 15.2. The van der Waals surface area contributed by atoms with Crippen LogP contribution in [0.4, 0.5) is 18.9 Å². The van der Waals surface area contributed by atoms with Gasteiger partial charge in [0, 0.05) is 5.39 Å². The number of H-pyrrole nitrogens is 1. The molecule has 19 heavy (non-hydrogen) atoms. The highest BCUT2D eigenvalue weighted by atomic mass is 19.4. The van der Waals surface area contributed by atoms with Crippen LogP contribution in [-0.2, 0) is 4.79 Å². The SMILES string of the molecule is CC(N)(C(=O)Nc1cccc2[nH]ncc12)C(F)(F)F. The van der Waals surface area contributed by atoms with Crippen LogP contribution in [-0.4, -0.2) is 27.8 Å². The summed E-state index contributed by atoms with van der Waals surface area (Å²) in [6, 6.07) is 4.74. The van der Waals surface area contributed by atoms with Gasteiger partial charge in [-0.2, -0.15) is 18.3 Å². The Balaban J connectivity index is 2.31. The molecule has 0 saturated heterocycles. The zero-order valence-corrected chi connectivity index (χ0v) is 9.88. The van der Waals surface area contributed by atoms with Gasteiger partial charge in [0.25, 0.3) is 5.91 Å². The summed E-state index contributed by atoms with van der Waals surface area (Å²) in [4.78, 5) is 11.7. The van der Waals surface area contributed by atoms with Crippen molar-refractivity contribution in [3.05, 3.63) is 24.4 Å². The number of alkyl halides is 3. The number of fused-ring (bicyclic) bond motifs is 1. The Morgan fingerprint density at radius 3 is 2.74 bits per heavy atom. The number of aromatic amines is 1. The van der Waals surface area contributed by atoms with Crippen LogP contribution in [0.5, 0.6) is 0 Å². The van der Waals surface area contributed by atoms with Crippen molar-refractivity contribution in [2.45, 2.75) is 18.6 Å². The van der Waals surface area contributed by atoms with Gasteiger partial charge in [-0.15, -0.1) is 0 Å². The predicted octanol–water partition coefficient (Wildman–Crippen LogP) is 1.78. The molecule has 0 aliphatic rings. The van der Waals surface area contributed by atoms with Crippen molar-refractivity contribution in [1.29, 1.82) is 0 Å². The molecule has 5 nitrogen and oxygen atoms in total. The summed E-state index contributed by atoms with van der Waals surface area (Å²) in [5, 5.41) is 9.08. The van der Waals surface area contributed by atoms with Gasteiger partial charge in [0.05, 0.1) is 17.4 Å². The standard InChI is InChI=1S/C11H11F3N4O/c1-10(15,11(12,13)14)9(19)17-7-3-2-4-8-6(7)5-16-18-8/h2-5H,15H2,1H3,(H,16,18)(H,17,19). The molecular formula is C11H11F3N4O. The molecule has 0 aliphatic carbocycles. The lowest BCUT2D eigenvalue weighted by Crippen LogP contribution is -2.59. The van der Waals surface area contributed by atoms with Gasteiger partial charge in [0.1, 0.15) is 0 Å². The molecule has 0 spiro atoms. The van der Waals surface area contributed by atoms with Crippen LogP contribution < -0.4 is 11.1 Å². The molecule has 1 aromatic carbocycles. The first-order chi connectivity index (χ1) is 8.73. The third-order valence-electron chi connectivity index (χ3n) is 2.79. The number of hydrogen-bond donors (Lipinski definition) is 3. The minimum atomic E-state index is -4.83.